The van der Waals surface area contributed by atoms with Crippen LogP contribution in [-0.4, -0.2) is 41.6 Å². The molecule has 0 unspecified atom stereocenters. The van der Waals surface area contributed by atoms with Gasteiger partial charge in [0.1, 0.15) is 12.3 Å². The average Bonchev–Trinajstić information content (AvgIpc) is 2.96. The molecular formula is C16H17BrN2O4. The first-order valence-corrected chi connectivity index (χ1v) is 8.06. The SMILES string of the molecule is CCOC(=O)CN1Cc2c(c3cc(OC)c(Br)cc3n2C)C1=O. The number of fused-ring (bicyclic) bond motifs is 3. The first kappa shape index (κ1) is 15.9. The van der Waals surface area contributed by atoms with Gasteiger partial charge < -0.3 is 18.9 Å². The van der Waals surface area contributed by atoms with Crippen LogP contribution in [0.5, 0.6) is 5.75 Å². The van der Waals surface area contributed by atoms with Gasteiger partial charge in [0.2, 0.25) is 0 Å². The lowest BCUT2D eigenvalue weighted by atomic mass is 10.1. The molecule has 122 valence electrons. The van der Waals surface area contributed by atoms with Gasteiger partial charge in [0.25, 0.3) is 5.91 Å². The molecule has 1 aromatic heterocycles. The van der Waals surface area contributed by atoms with Gasteiger partial charge >= 0.3 is 5.97 Å². The fourth-order valence-corrected chi connectivity index (χ4v) is 3.46. The summed E-state index contributed by atoms with van der Waals surface area (Å²) in [6.07, 6.45) is 0. The molecule has 6 nitrogen and oxygen atoms in total. The van der Waals surface area contributed by atoms with Crippen LogP contribution >= 0.6 is 15.9 Å². The molecule has 0 saturated heterocycles. The summed E-state index contributed by atoms with van der Waals surface area (Å²) in [5.74, 6) is 0.129. The van der Waals surface area contributed by atoms with Crippen LogP contribution in [0.15, 0.2) is 16.6 Å². The fraction of sp³-hybridized carbons (Fsp3) is 0.375. The van der Waals surface area contributed by atoms with Gasteiger partial charge in [-0.3, -0.25) is 9.59 Å². The Balaban J connectivity index is 2.03. The Morgan fingerprint density at radius 1 is 1.39 bits per heavy atom. The van der Waals surface area contributed by atoms with Crippen molar-refractivity contribution in [2.75, 3.05) is 20.3 Å². The lowest BCUT2D eigenvalue weighted by molar-refractivity contribution is -0.143. The topological polar surface area (TPSA) is 60.8 Å². The molecule has 0 spiro atoms. The number of halogens is 1. The second kappa shape index (κ2) is 5.88. The molecule has 7 heteroatoms. The highest BCUT2D eigenvalue weighted by Crippen LogP contribution is 2.37. The molecule has 0 N–H and O–H groups in total. The summed E-state index contributed by atoms with van der Waals surface area (Å²) >= 11 is 3.47. The minimum Gasteiger partial charge on any atom is -0.496 e. The van der Waals surface area contributed by atoms with E-state index in [1.54, 1.807) is 14.0 Å². The number of benzene rings is 1. The van der Waals surface area contributed by atoms with Crippen molar-refractivity contribution in [3.8, 4) is 5.75 Å². The van der Waals surface area contributed by atoms with Crippen LogP contribution in [-0.2, 0) is 23.1 Å². The van der Waals surface area contributed by atoms with Crippen LogP contribution < -0.4 is 4.74 Å². The zero-order valence-electron chi connectivity index (χ0n) is 13.2. The van der Waals surface area contributed by atoms with Crippen LogP contribution in [0.3, 0.4) is 0 Å². The number of aromatic nitrogens is 1. The zero-order valence-corrected chi connectivity index (χ0v) is 14.8. The smallest absolute Gasteiger partial charge is 0.325 e. The molecule has 23 heavy (non-hydrogen) atoms. The Hall–Kier alpha value is -2.02. The normalized spacial score (nSPS) is 13.6. The van der Waals surface area contributed by atoms with Crippen molar-refractivity contribution < 1.29 is 19.1 Å². The molecule has 0 radical (unpaired) electrons. The summed E-state index contributed by atoms with van der Waals surface area (Å²) in [4.78, 5) is 25.9. The maximum Gasteiger partial charge on any atom is 0.325 e. The number of methoxy groups -OCH3 is 1. The van der Waals surface area contributed by atoms with E-state index in [1.807, 2.05) is 23.7 Å². The Morgan fingerprint density at radius 2 is 2.13 bits per heavy atom. The zero-order chi connectivity index (χ0) is 16.7. The van der Waals surface area contributed by atoms with E-state index < -0.39 is 5.97 Å². The van der Waals surface area contributed by atoms with E-state index in [4.69, 9.17) is 9.47 Å². The Labute approximate surface area is 142 Å². The van der Waals surface area contributed by atoms with Crippen LogP contribution in [0.1, 0.15) is 23.0 Å². The van der Waals surface area contributed by atoms with Crippen molar-refractivity contribution in [2.45, 2.75) is 13.5 Å². The standard InChI is InChI=1S/C16H17BrN2O4/c1-4-23-14(20)8-19-7-12-15(16(19)21)9-5-13(22-3)10(17)6-11(9)18(12)2/h5-6H,4,7-8H2,1-3H3. The number of ether oxygens (including phenoxy) is 2. The third-order valence-corrected chi connectivity index (χ3v) is 4.68. The van der Waals surface area contributed by atoms with Crippen molar-refractivity contribution in [2.24, 2.45) is 7.05 Å². The van der Waals surface area contributed by atoms with Crippen LogP contribution in [0.4, 0.5) is 0 Å². The van der Waals surface area contributed by atoms with E-state index in [0.717, 1.165) is 21.1 Å². The number of aryl methyl sites for hydroxylation is 1. The van der Waals surface area contributed by atoms with Gasteiger partial charge in [-0.2, -0.15) is 0 Å². The molecule has 1 aromatic carbocycles. The molecule has 0 saturated carbocycles. The maximum atomic E-state index is 12.7. The highest BCUT2D eigenvalue weighted by molar-refractivity contribution is 9.10. The Morgan fingerprint density at radius 3 is 2.78 bits per heavy atom. The highest BCUT2D eigenvalue weighted by atomic mass is 79.9. The summed E-state index contributed by atoms with van der Waals surface area (Å²) in [7, 11) is 3.51. The van der Waals surface area contributed by atoms with Gasteiger partial charge in [-0.25, -0.2) is 0 Å². The summed E-state index contributed by atoms with van der Waals surface area (Å²) in [6, 6.07) is 3.79. The van der Waals surface area contributed by atoms with Crippen molar-refractivity contribution in [1.82, 2.24) is 9.47 Å². The third kappa shape index (κ3) is 2.49. The van der Waals surface area contributed by atoms with Crippen LogP contribution in [0.2, 0.25) is 0 Å². The van der Waals surface area contributed by atoms with Crippen molar-refractivity contribution in [3.63, 3.8) is 0 Å². The van der Waals surface area contributed by atoms with E-state index in [2.05, 4.69) is 15.9 Å². The lowest BCUT2D eigenvalue weighted by Crippen LogP contribution is -2.31. The number of carbonyl (C=O) groups excluding carboxylic acids is 2. The minimum atomic E-state index is -0.390. The lowest BCUT2D eigenvalue weighted by Gasteiger charge is -2.15. The number of hydrogen-bond acceptors (Lipinski definition) is 4. The van der Waals surface area contributed by atoms with Gasteiger partial charge in [0.05, 0.1) is 41.5 Å². The quantitative estimate of drug-likeness (QED) is 0.764. The number of hydrogen-bond donors (Lipinski definition) is 0. The monoisotopic (exact) mass is 380 g/mol. The molecule has 0 atom stereocenters. The number of nitrogens with zero attached hydrogens (tertiary/aromatic N) is 2. The number of esters is 1. The van der Waals surface area contributed by atoms with E-state index >= 15 is 0 Å². The number of carbonyl (C=O) groups is 2. The summed E-state index contributed by atoms with van der Waals surface area (Å²) in [5, 5.41) is 0.832. The molecule has 0 bridgehead atoms. The van der Waals surface area contributed by atoms with E-state index in [0.29, 0.717) is 24.5 Å². The van der Waals surface area contributed by atoms with Crippen LogP contribution in [0, 0.1) is 0 Å². The number of rotatable bonds is 4. The Bertz CT molecular complexity index is 812. The van der Waals surface area contributed by atoms with E-state index in [1.165, 1.54) is 4.90 Å². The Kier molecular flexibility index (Phi) is 4.06. The van der Waals surface area contributed by atoms with Crippen molar-refractivity contribution in [3.05, 3.63) is 27.9 Å². The van der Waals surface area contributed by atoms with Gasteiger partial charge in [-0.1, -0.05) is 0 Å². The average molecular weight is 381 g/mol. The van der Waals surface area contributed by atoms with E-state index in [-0.39, 0.29) is 12.5 Å². The van der Waals surface area contributed by atoms with Gasteiger partial charge in [0.15, 0.2) is 0 Å². The first-order valence-electron chi connectivity index (χ1n) is 7.27. The van der Waals surface area contributed by atoms with Crippen LogP contribution in [0.25, 0.3) is 10.9 Å². The van der Waals surface area contributed by atoms with Gasteiger partial charge in [-0.15, -0.1) is 0 Å². The summed E-state index contributed by atoms with van der Waals surface area (Å²) in [5.41, 5.74) is 2.49. The first-order chi connectivity index (χ1) is 11.0. The largest absolute Gasteiger partial charge is 0.496 e. The minimum absolute atomic E-state index is 0.0312. The van der Waals surface area contributed by atoms with E-state index in [9.17, 15) is 9.59 Å². The molecule has 2 heterocycles. The predicted molar refractivity (Wildman–Crippen MR) is 88.5 cm³/mol. The molecule has 3 rings (SSSR count). The molecule has 1 amide bonds. The number of amides is 1. The summed E-state index contributed by atoms with van der Waals surface area (Å²) < 4.78 is 13.1. The predicted octanol–water partition coefficient (Wildman–Crippen LogP) is 2.47. The molecule has 1 aliphatic rings. The molecule has 1 aliphatic heterocycles. The van der Waals surface area contributed by atoms with Gasteiger partial charge in [-0.05, 0) is 35.0 Å². The second-order valence-electron chi connectivity index (χ2n) is 5.35. The second-order valence-corrected chi connectivity index (χ2v) is 6.21. The molecule has 0 fully saturated rings. The summed E-state index contributed by atoms with van der Waals surface area (Å²) in [6.45, 7) is 2.42. The molecular weight excluding hydrogens is 364 g/mol. The fourth-order valence-electron chi connectivity index (χ4n) is 2.97. The highest BCUT2D eigenvalue weighted by Gasteiger charge is 2.34. The van der Waals surface area contributed by atoms with Gasteiger partial charge in [0, 0.05) is 12.4 Å². The molecule has 0 aliphatic carbocycles. The third-order valence-electron chi connectivity index (χ3n) is 4.06. The van der Waals surface area contributed by atoms with Crippen molar-refractivity contribution in [1.29, 1.82) is 0 Å². The maximum absolute atomic E-state index is 12.7. The molecule has 2 aromatic rings. The van der Waals surface area contributed by atoms with Crippen molar-refractivity contribution >= 4 is 38.7 Å².